The highest BCUT2D eigenvalue weighted by Gasteiger charge is 2.16. The van der Waals surface area contributed by atoms with Gasteiger partial charge in [0.1, 0.15) is 6.07 Å². The molecule has 0 saturated carbocycles. The first kappa shape index (κ1) is 21.0. The monoisotopic (exact) mass is 296 g/mol. The van der Waals surface area contributed by atoms with Crippen LogP contribution in [0.25, 0.3) is 0 Å². The number of hydrogen-bond acceptors (Lipinski definition) is 6. The van der Waals surface area contributed by atoms with Crippen molar-refractivity contribution >= 4 is 5.97 Å². The van der Waals surface area contributed by atoms with Gasteiger partial charge in [-0.15, -0.1) is 0 Å². The van der Waals surface area contributed by atoms with E-state index < -0.39 is 5.97 Å². The molecule has 0 amide bonds. The van der Waals surface area contributed by atoms with Crippen LogP contribution in [-0.2, 0) is 4.74 Å². The Morgan fingerprint density at radius 3 is 2.29 bits per heavy atom. The molecule has 0 atom stereocenters. The average molecular weight is 296 g/mol. The first-order chi connectivity index (χ1) is 10.2. The van der Waals surface area contributed by atoms with Crippen molar-refractivity contribution in [2.24, 2.45) is 5.73 Å². The number of ether oxygens (including phenoxy) is 3. The van der Waals surface area contributed by atoms with Crippen molar-refractivity contribution in [2.45, 2.75) is 20.8 Å². The van der Waals surface area contributed by atoms with Gasteiger partial charge in [0.15, 0.2) is 18.1 Å². The molecule has 6 heteroatoms. The normalized spacial score (nSPS) is 8.10. The number of carbonyl (C=O) groups excluding carboxylic acids is 1. The summed E-state index contributed by atoms with van der Waals surface area (Å²) in [7, 11) is 4.29. The van der Waals surface area contributed by atoms with E-state index in [0.717, 1.165) is 0 Å². The number of rotatable bonds is 4. The third-order valence-corrected chi connectivity index (χ3v) is 2.27. The number of esters is 1. The van der Waals surface area contributed by atoms with Crippen LogP contribution in [0.2, 0.25) is 0 Å². The van der Waals surface area contributed by atoms with Crippen LogP contribution in [-0.4, -0.2) is 33.8 Å². The largest absolute Gasteiger partial charge is 0.493 e. The minimum Gasteiger partial charge on any atom is -0.493 e. The summed E-state index contributed by atoms with van der Waals surface area (Å²) in [4.78, 5) is 11.5. The number of methoxy groups -OCH3 is 2. The molecule has 0 radical (unpaired) electrons. The molecular formula is C15H24N2O4. The first-order valence-corrected chi connectivity index (χ1v) is 6.49. The SMILES string of the molecule is CC.CN.COC(=O)c1ccc(OCC#N)c(OC)c1C. The summed E-state index contributed by atoms with van der Waals surface area (Å²) in [6.07, 6.45) is 0. The Balaban J connectivity index is 0. The predicted molar refractivity (Wildman–Crippen MR) is 81.6 cm³/mol. The molecule has 1 rings (SSSR count). The molecule has 118 valence electrons. The molecule has 6 nitrogen and oxygen atoms in total. The molecule has 0 heterocycles. The van der Waals surface area contributed by atoms with Crippen LogP contribution in [0, 0.1) is 18.3 Å². The highest BCUT2D eigenvalue weighted by atomic mass is 16.5. The van der Waals surface area contributed by atoms with Crippen molar-refractivity contribution in [1.82, 2.24) is 0 Å². The molecule has 0 bridgehead atoms. The number of nitrogens with zero attached hydrogens (tertiary/aromatic N) is 1. The van der Waals surface area contributed by atoms with Gasteiger partial charge in [-0.1, -0.05) is 13.8 Å². The second-order valence-corrected chi connectivity index (χ2v) is 3.21. The molecule has 0 unspecified atom stereocenters. The number of nitrogens with two attached hydrogens (primary N) is 1. The van der Waals surface area contributed by atoms with Gasteiger partial charge in [0.05, 0.1) is 19.8 Å². The van der Waals surface area contributed by atoms with Crippen molar-refractivity contribution in [3.05, 3.63) is 23.3 Å². The second kappa shape index (κ2) is 12.8. The molecule has 1 aromatic rings. The summed E-state index contributed by atoms with van der Waals surface area (Å²) in [5.74, 6) is 0.426. The van der Waals surface area contributed by atoms with Gasteiger partial charge in [0.2, 0.25) is 0 Å². The summed E-state index contributed by atoms with van der Waals surface area (Å²) in [5, 5.41) is 8.45. The lowest BCUT2D eigenvalue weighted by atomic mass is 10.1. The summed E-state index contributed by atoms with van der Waals surface area (Å²) in [6, 6.07) is 5.02. The van der Waals surface area contributed by atoms with Crippen LogP contribution in [0.3, 0.4) is 0 Å². The zero-order valence-electron chi connectivity index (χ0n) is 13.5. The van der Waals surface area contributed by atoms with Crippen molar-refractivity contribution < 1.29 is 19.0 Å². The van der Waals surface area contributed by atoms with Gasteiger partial charge < -0.3 is 19.9 Å². The van der Waals surface area contributed by atoms with Crippen LogP contribution in [0.5, 0.6) is 11.5 Å². The molecule has 0 saturated heterocycles. The van der Waals surface area contributed by atoms with Gasteiger partial charge in [-0.2, -0.15) is 5.26 Å². The highest BCUT2D eigenvalue weighted by Crippen LogP contribution is 2.33. The van der Waals surface area contributed by atoms with E-state index in [4.69, 9.17) is 14.7 Å². The fraction of sp³-hybridized carbons (Fsp3) is 0.467. The maximum atomic E-state index is 11.5. The zero-order valence-corrected chi connectivity index (χ0v) is 13.5. The first-order valence-electron chi connectivity index (χ1n) is 6.49. The summed E-state index contributed by atoms with van der Waals surface area (Å²) < 4.78 is 15.0. The molecular weight excluding hydrogens is 272 g/mol. The standard InChI is InChI=1S/C12H13NO4.C2H6.CH5N/c1-8-9(12(14)16-3)4-5-10(11(8)15-2)17-7-6-13;2*1-2/h4-5H,7H2,1-3H3;1-2H3;2H2,1H3. The maximum absolute atomic E-state index is 11.5. The quantitative estimate of drug-likeness (QED) is 0.857. The third-order valence-electron chi connectivity index (χ3n) is 2.27. The lowest BCUT2D eigenvalue weighted by Crippen LogP contribution is -2.06. The van der Waals surface area contributed by atoms with Crippen molar-refractivity contribution in [3.63, 3.8) is 0 Å². The minimum atomic E-state index is -0.437. The van der Waals surface area contributed by atoms with Crippen LogP contribution < -0.4 is 15.2 Å². The summed E-state index contributed by atoms with van der Waals surface area (Å²) in [5.41, 5.74) is 5.53. The van der Waals surface area contributed by atoms with Crippen molar-refractivity contribution in [3.8, 4) is 17.6 Å². The molecule has 0 aliphatic carbocycles. The van der Waals surface area contributed by atoms with Crippen molar-refractivity contribution in [1.29, 1.82) is 5.26 Å². The number of hydrogen-bond donors (Lipinski definition) is 1. The predicted octanol–water partition coefficient (Wildman–Crippen LogP) is 2.29. The van der Waals surface area contributed by atoms with Gasteiger partial charge in [0, 0.05) is 5.56 Å². The van der Waals surface area contributed by atoms with E-state index in [1.54, 1.807) is 19.1 Å². The van der Waals surface area contributed by atoms with Gasteiger partial charge in [-0.3, -0.25) is 0 Å². The van der Waals surface area contributed by atoms with E-state index in [1.807, 2.05) is 19.9 Å². The van der Waals surface area contributed by atoms with Crippen LogP contribution >= 0.6 is 0 Å². The van der Waals surface area contributed by atoms with Gasteiger partial charge >= 0.3 is 5.97 Å². The Hall–Kier alpha value is -2.26. The zero-order chi connectivity index (χ0) is 16.8. The van der Waals surface area contributed by atoms with E-state index in [9.17, 15) is 4.79 Å². The van der Waals surface area contributed by atoms with Crippen LogP contribution in [0.15, 0.2) is 12.1 Å². The van der Waals surface area contributed by atoms with Gasteiger partial charge in [0.25, 0.3) is 0 Å². The molecule has 21 heavy (non-hydrogen) atoms. The Labute approximate surface area is 126 Å². The average Bonchev–Trinajstić information content (AvgIpc) is 2.56. The number of benzene rings is 1. The lowest BCUT2D eigenvalue weighted by molar-refractivity contribution is 0.0599. The number of nitriles is 1. The smallest absolute Gasteiger partial charge is 0.338 e. The van der Waals surface area contributed by atoms with E-state index >= 15 is 0 Å². The molecule has 0 aliphatic rings. The van der Waals surface area contributed by atoms with Gasteiger partial charge in [-0.25, -0.2) is 4.79 Å². The molecule has 0 spiro atoms. The molecule has 0 aliphatic heterocycles. The van der Waals surface area contributed by atoms with E-state index in [2.05, 4.69) is 10.5 Å². The van der Waals surface area contributed by atoms with E-state index in [-0.39, 0.29) is 6.61 Å². The fourth-order valence-electron chi connectivity index (χ4n) is 1.48. The van der Waals surface area contributed by atoms with E-state index in [0.29, 0.717) is 22.6 Å². The Morgan fingerprint density at radius 1 is 1.29 bits per heavy atom. The molecule has 1 aromatic carbocycles. The van der Waals surface area contributed by atoms with E-state index in [1.165, 1.54) is 21.3 Å². The van der Waals surface area contributed by atoms with Crippen LogP contribution in [0.1, 0.15) is 29.8 Å². The third kappa shape index (κ3) is 6.15. The summed E-state index contributed by atoms with van der Waals surface area (Å²) in [6.45, 7) is 5.65. The lowest BCUT2D eigenvalue weighted by Gasteiger charge is -2.13. The highest BCUT2D eigenvalue weighted by molar-refractivity contribution is 5.92. The van der Waals surface area contributed by atoms with Crippen molar-refractivity contribution in [2.75, 3.05) is 27.9 Å². The number of carbonyl (C=O) groups is 1. The molecule has 2 N–H and O–H groups in total. The summed E-state index contributed by atoms with van der Waals surface area (Å²) >= 11 is 0. The maximum Gasteiger partial charge on any atom is 0.338 e. The van der Waals surface area contributed by atoms with Crippen LogP contribution in [0.4, 0.5) is 0 Å². The Bertz CT molecular complexity index is 467. The fourth-order valence-corrected chi connectivity index (χ4v) is 1.48. The Morgan fingerprint density at radius 2 is 1.86 bits per heavy atom. The Kier molecular flexibility index (Phi) is 12.8. The van der Waals surface area contributed by atoms with Gasteiger partial charge in [-0.05, 0) is 26.1 Å². The second-order valence-electron chi connectivity index (χ2n) is 3.21. The minimum absolute atomic E-state index is 0.0760. The molecule has 0 fully saturated rings. The topological polar surface area (TPSA) is 94.6 Å². The molecule has 0 aromatic heterocycles.